The number of carbonyl (C=O) groups excluding carboxylic acids is 2. The van der Waals surface area contributed by atoms with E-state index in [4.69, 9.17) is 0 Å². The molecule has 0 bridgehead atoms. The van der Waals surface area contributed by atoms with Gasteiger partial charge in [0.15, 0.2) is 0 Å². The van der Waals surface area contributed by atoms with Gasteiger partial charge in [0.1, 0.15) is 18.4 Å². The topological polar surface area (TPSA) is 86.8 Å². The molecule has 0 aromatic heterocycles. The number of nitrogens with one attached hydrogen (secondary N) is 1. The van der Waals surface area contributed by atoms with E-state index in [-0.39, 0.29) is 17.3 Å². The molecule has 0 spiro atoms. The molecule has 9 heteroatoms. The highest BCUT2D eigenvalue weighted by atomic mass is 32.2. The predicted molar refractivity (Wildman–Crippen MR) is 151 cm³/mol. The molecule has 0 aliphatic heterocycles. The Hall–Kier alpha value is -3.72. The zero-order valence-corrected chi connectivity index (χ0v) is 23.9. The van der Waals surface area contributed by atoms with Gasteiger partial charge in [0.25, 0.3) is 10.0 Å². The van der Waals surface area contributed by atoms with Crippen molar-refractivity contribution in [2.24, 2.45) is 0 Å². The summed E-state index contributed by atoms with van der Waals surface area (Å²) in [6, 6.07) is 16.6. The molecule has 3 aromatic rings. The molecule has 0 unspecified atom stereocenters. The molecule has 0 saturated heterocycles. The second-order valence-corrected chi connectivity index (χ2v) is 11.4. The number of aryl methyl sites for hydroxylation is 2. The molecule has 3 rings (SSSR count). The number of sulfonamides is 1. The third kappa shape index (κ3) is 7.03. The average molecular weight is 554 g/mol. The third-order valence-electron chi connectivity index (χ3n) is 6.74. The number of hydrogen-bond acceptors (Lipinski definition) is 4. The van der Waals surface area contributed by atoms with E-state index in [0.717, 1.165) is 21.0 Å². The van der Waals surface area contributed by atoms with Crippen molar-refractivity contribution < 1.29 is 22.4 Å². The largest absolute Gasteiger partial charge is 0.355 e. The average Bonchev–Trinajstić information content (AvgIpc) is 2.90. The van der Waals surface area contributed by atoms with Crippen LogP contribution in [-0.4, -0.2) is 44.3 Å². The molecular weight excluding hydrogens is 517 g/mol. The van der Waals surface area contributed by atoms with Crippen LogP contribution < -0.4 is 9.62 Å². The fraction of sp³-hybridized carbons (Fsp3) is 0.333. The lowest BCUT2D eigenvalue weighted by Gasteiger charge is -2.33. The Kier molecular flexibility index (Phi) is 9.86. The highest BCUT2D eigenvalue weighted by Crippen LogP contribution is 2.29. The van der Waals surface area contributed by atoms with Crippen LogP contribution in [0.5, 0.6) is 0 Å². The highest BCUT2D eigenvalue weighted by molar-refractivity contribution is 7.92. The summed E-state index contributed by atoms with van der Waals surface area (Å²) in [6.07, 6.45) is 0.312. The maximum absolute atomic E-state index is 14.0. The number of carbonyl (C=O) groups is 2. The van der Waals surface area contributed by atoms with Gasteiger partial charge in [0, 0.05) is 13.1 Å². The van der Waals surface area contributed by atoms with Crippen molar-refractivity contribution in [2.45, 2.75) is 58.5 Å². The van der Waals surface area contributed by atoms with Crippen LogP contribution in [0.2, 0.25) is 0 Å². The lowest BCUT2D eigenvalue weighted by atomic mass is 10.1. The second-order valence-electron chi connectivity index (χ2n) is 9.51. The van der Waals surface area contributed by atoms with Crippen LogP contribution in [0.4, 0.5) is 10.1 Å². The van der Waals surface area contributed by atoms with Crippen LogP contribution in [0.3, 0.4) is 0 Å². The van der Waals surface area contributed by atoms with Gasteiger partial charge in [-0.2, -0.15) is 0 Å². The second kappa shape index (κ2) is 12.9. The molecule has 7 nitrogen and oxygen atoms in total. The molecular formula is C30H36FN3O4S. The number of anilines is 1. The first-order chi connectivity index (χ1) is 18.5. The van der Waals surface area contributed by atoms with E-state index in [2.05, 4.69) is 5.32 Å². The monoisotopic (exact) mass is 553 g/mol. The summed E-state index contributed by atoms with van der Waals surface area (Å²) in [4.78, 5) is 28.4. The van der Waals surface area contributed by atoms with E-state index in [0.29, 0.717) is 24.2 Å². The number of nitrogens with zero attached hydrogens (tertiary/aromatic N) is 2. The molecule has 0 aliphatic carbocycles. The van der Waals surface area contributed by atoms with Gasteiger partial charge in [-0.25, -0.2) is 12.8 Å². The number of benzene rings is 3. The summed E-state index contributed by atoms with van der Waals surface area (Å²) < 4.78 is 42.6. The molecule has 0 saturated carbocycles. The summed E-state index contributed by atoms with van der Waals surface area (Å²) in [5.74, 6) is -1.30. The van der Waals surface area contributed by atoms with Gasteiger partial charge < -0.3 is 10.2 Å². The molecule has 208 valence electrons. The van der Waals surface area contributed by atoms with Gasteiger partial charge >= 0.3 is 0 Å². The Balaban J connectivity index is 2.10. The predicted octanol–water partition coefficient (Wildman–Crippen LogP) is 4.89. The van der Waals surface area contributed by atoms with Crippen LogP contribution in [0.15, 0.2) is 71.6 Å². The molecule has 2 amide bonds. The van der Waals surface area contributed by atoms with E-state index in [1.165, 1.54) is 29.2 Å². The lowest BCUT2D eigenvalue weighted by Crippen LogP contribution is -2.52. The van der Waals surface area contributed by atoms with E-state index in [1.54, 1.807) is 50.2 Å². The zero-order valence-electron chi connectivity index (χ0n) is 23.1. The Labute approximate surface area is 230 Å². The zero-order chi connectivity index (χ0) is 28.7. The van der Waals surface area contributed by atoms with Gasteiger partial charge in [0.2, 0.25) is 11.8 Å². The molecule has 1 N–H and O–H groups in total. The molecule has 0 fully saturated rings. The Morgan fingerprint density at radius 1 is 0.923 bits per heavy atom. The van der Waals surface area contributed by atoms with Crippen LogP contribution >= 0.6 is 0 Å². The Morgan fingerprint density at radius 3 is 2.15 bits per heavy atom. The standard InChI is InChI=1S/C30H36FN3O4S/c1-6-27(30(36)32-7-2)33(19-24-13-15-25(31)16-14-24)29(35)20-34(28-10-8-9-22(4)23(28)5)39(37,38)26-17-11-21(3)12-18-26/h8-18,27H,6-7,19-20H2,1-5H3,(H,32,36)/t27-/m1/s1. The Morgan fingerprint density at radius 2 is 1.56 bits per heavy atom. The van der Waals surface area contributed by atoms with Gasteiger partial charge in [-0.15, -0.1) is 0 Å². The smallest absolute Gasteiger partial charge is 0.264 e. The summed E-state index contributed by atoms with van der Waals surface area (Å²) in [5, 5.41) is 2.77. The quantitative estimate of drug-likeness (QED) is 0.366. The van der Waals surface area contributed by atoms with Crippen molar-refractivity contribution in [3.05, 3.63) is 94.8 Å². The van der Waals surface area contributed by atoms with Gasteiger partial charge in [-0.1, -0.05) is 48.9 Å². The Bertz CT molecular complexity index is 1410. The first kappa shape index (κ1) is 29.8. The minimum atomic E-state index is -4.14. The maximum Gasteiger partial charge on any atom is 0.264 e. The molecule has 0 heterocycles. The van der Waals surface area contributed by atoms with Crippen LogP contribution in [-0.2, 0) is 26.2 Å². The van der Waals surface area contributed by atoms with Crippen LogP contribution in [0.25, 0.3) is 0 Å². The van der Waals surface area contributed by atoms with E-state index >= 15 is 0 Å². The minimum absolute atomic E-state index is 0.0139. The van der Waals surface area contributed by atoms with Crippen molar-refractivity contribution in [2.75, 3.05) is 17.4 Å². The van der Waals surface area contributed by atoms with Crippen molar-refractivity contribution >= 4 is 27.5 Å². The first-order valence-electron chi connectivity index (χ1n) is 13.0. The SMILES string of the molecule is CCNC(=O)[C@@H](CC)N(Cc1ccc(F)cc1)C(=O)CN(c1cccc(C)c1C)S(=O)(=O)c1ccc(C)cc1. The van der Waals surface area contributed by atoms with Crippen LogP contribution in [0.1, 0.15) is 42.5 Å². The molecule has 0 aliphatic rings. The normalized spacial score (nSPS) is 12.1. The molecule has 1 atom stereocenters. The van der Waals surface area contributed by atoms with Gasteiger partial charge in [-0.3, -0.25) is 13.9 Å². The number of halogens is 1. The number of hydrogen-bond donors (Lipinski definition) is 1. The van der Waals surface area contributed by atoms with E-state index < -0.39 is 34.3 Å². The summed E-state index contributed by atoms with van der Waals surface area (Å²) in [6.45, 7) is 9.00. The number of rotatable bonds is 11. The summed E-state index contributed by atoms with van der Waals surface area (Å²) >= 11 is 0. The highest BCUT2D eigenvalue weighted by Gasteiger charge is 2.34. The van der Waals surface area contributed by atoms with Crippen molar-refractivity contribution in [1.29, 1.82) is 0 Å². The van der Waals surface area contributed by atoms with Crippen molar-refractivity contribution in [3.63, 3.8) is 0 Å². The van der Waals surface area contributed by atoms with Crippen molar-refractivity contribution in [3.8, 4) is 0 Å². The fourth-order valence-corrected chi connectivity index (χ4v) is 5.83. The van der Waals surface area contributed by atoms with Gasteiger partial charge in [0.05, 0.1) is 10.6 Å². The van der Waals surface area contributed by atoms with E-state index in [1.807, 2.05) is 26.8 Å². The molecule has 39 heavy (non-hydrogen) atoms. The molecule has 3 aromatic carbocycles. The maximum atomic E-state index is 14.0. The number of likely N-dealkylation sites (N-methyl/N-ethyl adjacent to an activating group) is 1. The fourth-order valence-electron chi connectivity index (χ4n) is 4.35. The molecule has 0 radical (unpaired) electrons. The van der Waals surface area contributed by atoms with Crippen molar-refractivity contribution in [1.82, 2.24) is 10.2 Å². The van der Waals surface area contributed by atoms with E-state index in [9.17, 15) is 22.4 Å². The van der Waals surface area contributed by atoms with Crippen LogP contribution in [0, 0.1) is 26.6 Å². The first-order valence-corrected chi connectivity index (χ1v) is 14.4. The third-order valence-corrected chi connectivity index (χ3v) is 8.51. The summed E-state index contributed by atoms with van der Waals surface area (Å²) in [7, 11) is -4.14. The summed E-state index contributed by atoms with van der Waals surface area (Å²) in [5.41, 5.74) is 3.51. The minimum Gasteiger partial charge on any atom is -0.355 e. The lowest BCUT2D eigenvalue weighted by molar-refractivity contribution is -0.140. The number of amides is 2. The van der Waals surface area contributed by atoms with Gasteiger partial charge in [-0.05, 0) is 81.1 Å².